The molecule has 2 aromatic carbocycles. The number of likely N-dealkylation sites (N-methyl/N-ethyl adjacent to an activating group) is 1. The first kappa shape index (κ1) is 34.4. The molecule has 0 spiro atoms. The van der Waals surface area contributed by atoms with E-state index in [1.54, 1.807) is 59.5 Å². The molecule has 12 heteroatoms. The molecule has 0 bridgehead atoms. The number of aliphatic hydroxyl groups excluding tert-OH is 1. The number of ether oxygens (including phenoxy) is 2. The van der Waals surface area contributed by atoms with E-state index in [1.165, 1.54) is 12.1 Å². The molecule has 2 heterocycles. The number of thiophene rings is 1. The zero-order chi connectivity index (χ0) is 32.6. The van der Waals surface area contributed by atoms with Crippen molar-refractivity contribution < 1.29 is 32.6 Å². The summed E-state index contributed by atoms with van der Waals surface area (Å²) in [6.07, 6.45) is 1.73. The Morgan fingerprint density at radius 3 is 2.58 bits per heavy atom. The third-order valence-electron chi connectivity index (χ3n) is 7.88. The summed E-state index contributed by atoms with van der Waals surface area (Å²) >= 11 is 1.10. The summed E-state index contributed by atoms with van der Waals surface area (Å²) in [7, 11) is -2.11. The molecule has 0 radical (unpaired) electrons. The number of benzene rings is 2. The SMILES string of the molecule is C[C@@H]1CN([C@@H](C)CO)C(=O)c2cc(NS(=O)(=O)c3cccs3)ccc2O[C@@H](C)CCCCO[C@H]1CN(C)C(=O)c1ccccc1. The first-order chi connectivity index (χ1) is 21.5. The topological polar surface area (TPSA) is 125 Å². The van der Waals surface area contributed by atoms with Gasteiger partial charge in [0.05, 0.1) is 30.4 Å². The number of aliphatic hydroxyl groups is 1. The van der Waals surface area contributed by atoms with Gasteiger partial charge in [-0.1, -0.05) is 31.2 Å². The molecule has 0 saturated heterocycles. The zero-order valence-corrected chi connectivity index (χ0v) is 27.9. The number of hydrogen-bond donors (Lipinski definition) is 2. The van der Waals surface area contributed by atoms with Crippen molar-refractivity contribution in [3.63, 3.8) is 0 Å². The largest absolute Gasteiger partial charge is 0.490 e. The van der Waals surface area contributed by atoms with Gasteiger partial charge in [-0.05, 0) is 74.9 Å². The first-order valence-electron chi connectivity index (χ1n) is 15.2. The summed E-state index contributed by atoms with van der Waals surface area (Å²) in [6.45, 7) is 6.38. The Morgan fingerprint density at radius 2 is 1.89 bits per heavy atom. The number of hydrogen-bond acceptors (Lipinski definition) is 8. The molecule has 3 aromatic rings. The van der Waals surface area contributed by atoms with E-state index < -0.39 is 22.0 Å². The van der Waals surface area contributed by atoms with Gasteiger partial charge in [0, 0.05) is 43.9 Å². The molecule has 0 saturated carbocycles. The maximum Gasteiger partial charge on any atom is 0.271 e. The number of anilines is 1. The summed E-state index contributed by atoms with van der Waals surface area (Å²) in [5.74, 6) is -0.416. The molecule has 244 valence electrons. The first-order valence-corrected chi connectivity index (χ1v) is 17.6. The van der Waals surface area contributed by atoms with Crippen LogP contribution in [0.3, 0.4) is 0 Å². The molecule has 0 unspecified atom stereocenters. The molecule has 4 atom stereocenters. The maximum atomic E-state index is 14.3. The maximum absolute atomic E-state index is 14.3. The van der Waals surface area contributed by atoms with Crippen LogP contribution >= 0.6 is 11.3 Å². The van der Waals surface area contributed by atoms with E-state index in [9.17, 15) is 23.1 Å². The van der Waals surface area contributed by atoms with E-state index in [2.05, 4.69) is 4.72 Å². The standard InChI is InChI=1S/C33H43N3O7S2/c1-23-20-36(24(2)22-37)33(39)28-19-27(34-45(40,41)31-14-10-18-44-31)15-16-29(28)43-25(3)11-8-9-17-42-30(23)21-35(4)32(38)26-12-6-5-7-13-26/h5-7,10,12-16,18-19,23-25,30,34,37H,8-9,11,17,20-22H2,1-4H3/t23-,24+,25+,30+/m1/s1. The van der Waals surface area contributed by atoms with Crippen LogP contribution in [0.2, 0.25) is 0 Å². The fraction of sp³-hybridized carbons (Fsp3) is 0.455. The number of carbonyl (C=O) groups is 2. The van der Waals surface area contributed by atoms with Crippen LogP contribution in [0.25, 0.3) is 0 Å². The fourth-order valence-corrected chi connectivity index (χ4v) is 7.27. The van der Waals surface area contributed by atoms with Gasteiger partial charge in [0.1, 0.15) is 9.96 Å². The summed E-state index contributed by atoms with van der Waals surface area (Å²) < 4.78 is 41.2. The van der Waals surface area contributed by atoms with E-state index in [4.69, 9.17) is 9.47 Å². The highest BCUT2D eigenvalue weighted by molar-refractivity contribution is 7.94. The van der Waals surface area contributed by atoms with Gasteiger partial charge in [-0.3, -0.25) is 14.3 Å². The Hall–Kier alpha value is -3.45. The predicted octanol–water partition coefficient (Wildman–Crippen LogP) is 5.12. The third-order valence-corrected chi connectivity index (χ3v) is 10.7. The monoisotopic (exact) mass is 657 g/mol. The van der Waals surface area contributed by atoms with E-state index in [1.807, 2.05) is 32.0 Å². The van der Waals surface area contributed by atoms with Crippen molar-refractivity contribution in [2.45, 2.75) is 62.5 Å². The van der Waals surface area contributed by atoms with Crippen LogP contribution in [0.1, 0.15) is 60.7 Å². The van der Waals surface area contributed by atoms with Crippen molar-refractivity contribution in [2.75, 3.05) is 38.1 Å². The van der Waals surface area contributed by atoms with E-state index in [0.29, 0.717) is 30.9 Å². The molecule has 4 rings (SSSR count). The van der Waals surface area contributed by atoms with Crippen molar-refractivity contribution in [2.24, 2.45) is 5.92 Å². The molecular formula is C33H43N3O7S2. The highest BCUT2D eigenvalue weighted by Gasteiger charge is 2.31. The number of nitrogens with zero attached hydrogens (tertiary/aromatic N) is 2. The Bertz CT molecular complexity index is 1520. The van der Waals surface area contributed by atoms with Crippen molar-refractivity contribution in [3.05, 3.63) is 77.2 Å². The third kappa shape index (κ3) is 9.06. The minimum absolute atomic E-state index is 0.125. The number of carbonyl (C=O) groups excluding carboxylic acids is 2. The molecule has 10 nitrogen and oxygen atoms in total. The second-order valence-corrected chi connectivity index (χ2v) is 14.5. The van der Waals surface area contributed by atoms with Crippen LogP contribution in [-0.2, 0) is 14.8 Å². The average molecular weight is 658 g/mol. The number of nitrogens with one attached hydrogen (secondary N) is 1. The van der Waals surface area contributed by atoms with Gasteiger partial charge in [-0.25, -0.2) is 8.42 Å². The van der Waals surface area contributed by atoms with Crippen molar-refractivity contribution >= 4 is 38.9 Å². The normalized spacial score (nSPS) is 20.8. The Morgan fingerprint density at radius 1 is 1.13 bits per heavy atom. The van der Waals surface area contributed by atoms with Crippen molar-refractivity contribution in [1.29, 1.82) is 0 Å². The van der Waals surface area contributed by atoms with E-state index in [-0.39, 0.29) is 52.6 Å². The second-order valence-electron chi connectivity index (χ2n) is 11.6. The molecule has 0 fully saturated rings. The van der Waals surface area contributed by atoms with Gasteiger partial charge in [0.15, 0.2) is 0 Å². The van der Waals surface area contributed by atoms with Crippen LogP contribution in [-0.4, -0.2) is 86.7 Å². The Kier molecular flexibility index (Phi) is 12.0. The number of fused-ring (bicyclic) bond motifs is 1. The van der Waals surface area contributed by atoms with Crippen LogP contribution < -0.4 is 9.46 Å². The molecule has 1 aliphatic rings. The second kappa shape index (κ2) is 15.7. The van der Waals surface area contributed by atoms with Crippen LogP contribution in [0.4, 0.5) is 5.69 Å². The molecule has 1 aromatic heterocycles. The molecule has 1 aliphatic heterocycles. The van der Waals surface area contributed by atoms with Crippen molar-refractivity contribution in [1.82, 2.24) is 9.80 Å². The van der Waals surface area contributed by atoms with Crippen LogP contribution in [0, 0.1) is 5.92 Å². The Labute approximate surface area is 270 Å². The summed E-state index contributed by atoms with van der Waals surface area (Å²) in [5.41, 5.74) is 0.988. The molecular weight excluding hydrogens is 615 g/mol. The van der Waals surface area contributed by atoms with Crippen LogP contribution in [0.5, 0.6) is 5.75 Å². The zero-order valence-electron chi connectivity index (χ0n) is 26.2. The lowest BCUT2D eigenvalue weighted by molar-refractivity contribution is -0.0149. The van der Waals surface area contributed by atoms with Crippen molar-refractivity contribution in [3.8, 4) is 5.75 Å². The minimum Gasteiger partial charge on any atom is -0.490 e. The predicted molar refractivity (Wildman–Crippen MR) is 175 cm³/mol. The average Bonchev–Trinajstić information content (AvgIpc) is 3.59. The Balaban J connectivity index is 1.65. The number of sulfonamides is 1. The van der Waals surface area contributed by atoms with E-state index >= 15 is 0 Å². The molecule has 0 aliphatic carbocycles. The smallest absolute Gasteiger partial charge is 0.271 e. The lowest BCUT2D eigenvalue weighted by atomic mass is 10.0. The van der Waals surface area contributed by atoms with E-state index in [0.717, 1.165) is 24.2 Å². The van der Waals surface area contributed by atoms with Gasteiger partial charge >= 0.3 is 0 Å². The van der Waals surface area contributed by atoms with Gasteiger partial charge in [0.25, 0.3) is 21.8 Å². The highest BCUT2D eigenvalue weighted by atomic mass is 32.2. The highest BCUT2D eigenvalue weighted by Crippen LogP contribution is 2.30. The van der Waals surface area contributed by atoms with Gasteiger partial charge < -0.3 is 24.4 Å². The number of rotatable bonds is 8. The molecule has 2 amide bonds. The molecule has 2 N–H and O–H groups in total. The van der Waals surface area contributed by atoms with Gasteiger partial charge in [-0.15, -0.1) is 11.3 Å². The lowest BCUT2D eigenvalue weighted by Crippen LogP contribution is -2.48. The van der Waals surface area contributed by atoms with Gasteiger partial charge in [-0.2, -0.15) is 0 Å². The number of amides is 2. The minimum atomic E-state index is -3.85. The molecule has 45 heavy (non-hydrogen) atoms. The lowest BCUT2D eigenvalue weighted by Gasteiger charge is -2.36. The summed E-state index contributed by atoms with van der Waals surface area (Å²) in [4.78, 5) is 30.6. The summed E-state index contributed by atoms with van der Waals surface area (Å²) in [5, 5.41) is 11.9. The van der Waals surface area contributed by atoms with Gasteiger partial charge in [0.2, 0.25) is 0 Å². The van der Waals surface area contributed by atoms with Crippen LogP contribution in [0.15, 0.2) is 70.3 Å². The fourth-order valence-electron chi connectivity index (χ4n) is 5.22. The quantitative estimate of drug-likeness (QED) is 0.345. The summed E-state index contributed by atoms with van der Waals surface area (Å²) in [6, 6.07) is 16.3.